The normalized spacial score (nSPS) is 11.7. The number of aromatic nitrogens is 3. The smallest absolute Gasteiger partial charge is 0.326 e. The summed E-state index contributed by atoms with van der Waals surface area (Å²) in [7, 11) is 0. The van der Waals surface area contributed by atoms with Gasteiger partial charge in [-0.05, 0) is 36.1 Å². The fourth-order valence-corrected chi connectivity index (χ4v) is 3.15. The van der Waals surface area contributed by atoms with Crippen molar-refractivity contribution in [2.75, 3.05) is 12.3 Å². The van der Waals surface area contributed by atoms with Gasteiger partial charge in [0, 0.05) is 18.2 Å². The maximum atomic E-state index is 12.3. The number of aryl methyl sites for hydroxylation is 2. The molecule has 11 nitrogen and oxygen atoms in total. The van der Waals surface area contributed by atoms with E-state index in [2.05, 4.69) is 25.0 Å². The highest BCUT2D eigenvalue weighted by atomic mass is 16.5. The van der Waals surface area contributed by atoms with Crippen LogP contribution < -0.4 is 16.6 Å². The lowest BCUT2D eigenvalue weighted by Gasteiger charge is -2.14. The van der Waals surface area contributed by atoms with E-state index in [0.717, 1.165) is 11.1 Å². The summed E-state index contributed by atoms with van der Waals surface area (Å²) in [6.07, 6.45) is 2.86. The van der Waals surface area contributed by atoms with Crippen molar-refractivity contribution in [2.24, 2.45) is 0 Å². The van der Waals surface area contributed by atoms with Crippen LogP contribution in [-0.4, -0.2) is 51.1 Å². The zero-order chi connectivity index (χ0) is 22.4. The van der Waals surface area contributed by atoms with Gasteiger partial charge < -0.3 is 25.9 Å². The largest absolute Gasteiger partial charge is 0.480 e. The molecule has 3 rings (SSSR count). The van der Waals surface area contributed by atoms with Crippen LogP contribution in [0.4, 0.5) is 5.95 Å². The third-order valence-corrected chi connectivity index (χ3v) is 4.74. The van der Waals surface area contributed by atoms with Crippen molar-refractivity contribution in [3.63, 3.8) is 0 Å². The number of nitrogens with two attached hydrogens (primary N) is 1. The highest BCUT2D eigenvalue weighted by molar-refractivity contribution is 5.96. The predicted octanol–water partition coefficient (Wildman–Crippen LogP) is 0.365. The van der Waals surface area contributed by atoms with Gasteiger partial charge in [0.05, 0.1) is 12.0 Å². The van der Waals surface area contributed by atoms with Crippen LogP contribution in [-0.2, 0) is 27.2 Å². The summed E-state index contributed by atoms with van der Waals surface area (Å²) in [4.78, 5) is 55.3. The maximum Gasteiger partial charge on any atom is 0.326 e. The number of ether oxygens (including phenoxy) is 1. The first kappa shape index (κ1) is 21.6. The van der Waals surface area contributed by atoms with E-state index >= 15 is 0 Å². The van der Waals surface area contributed by atoms with E-state index < -0.39 is 17.9 Å². The fraction of sp³-hybridized carbons (Fsp3) is 0.250. The molecule has 0 saturated heterocycles. The number of hydrogen-bond acceptors (Lipinski definition) is 7. The molecule has 1 atom stereocenters. The van der Waals surface area contributed by atoms with Crippen molar-refractivity contribution >= 4 is 35.3 Å². The Morgan fingerprint density at radius 1 is 1.26 bits per heavy atom. The number of rotatable bonds is 10. The molecule has 2 heterocycles. The predicted molar refractivity (Wildman–Crippen MR) is 110 cm³/mol. The molecule has 1 aromatic carbocycles. The molecule has 3 aromatic rings. The number of carbonyl (C=O) groups is 3. The number of carboxylic acid groups (broad SMARTS) is 1. The maximum absolute atomic E-state index is 12.3. The number of nitrogen functional groups attached to an aromatic ring is 1. The van der Waals surface area contributed by atoms with E-state index in [1.807, 2.05) is 0 Å². The molecule has 0 radical (unpaired) electrons. The minimum Gasteiger partial charge on any atom is -0.480 e. The highest BCUT2D eigenvalue weighted by Crippen LogP contribution is 2.16. The summed E-state index contributed by atoms with van der Waals surface area (Å²) in [6.45, 7) is 0.107. The van der Waals surface area contributed by atoms with Gasteiger partial charge in [0.15, 0.2) is 0 Å². The molecule has 162 valence electrons. The van der Waals surface area contributed by atoms with Crippen LogP contribution >= 0.6 is 0 Å². The Balaban J connectivity index is 1.62. The number of aromatic amines is 2. The van der Waals surface area contributed by atoms with Crippen LogP contribution in [0.1, 0.15) is 27.9 Å². The van der Waals surface area contributed by atoms with Gasteiger partial charge in [-0.2, -0.15) is 4.98 Å². The fourth-order valence-electron chi connectivity index (χ4n) is 3.15. The lowest BCUT2D eigenvalue weighted by Crippen LogP contribution is -2.41. The van der Waals surface area contributed by atoms with Gasteiger partial charge in [-0.3, -0.25) is 19.4 Å². The number of aliphatic carboxylic acids is 1. The lowest BCUT2D eigenvalue weighted by molar-refractivity contribution is -0.140. The first-order valence-corrected chi connectivity index (χ1v) is 9.42. The number of nitrogens with zero attached hydrogens (tertiary/aromatic N) is 1. The number of amides is 1. The Bertz CT molecular complexity index is 1150. The number of fused-ring (bicyclic) bond motifs is 1. The molecule has 0 fully saturated rings. The van der Waals surface area contributed by atoms with E-state index in [9.17, 15) is 24.3 Å². The minimum atomic E-state index is -1.22. The molecule has 0 aliphatic rings. The number of benzene rings is 1. The van der Waals surface area contributed by atoms with Crippen LogP contribution in [0.2, 0.25) is 0 Å². The van der Waals surface area contributed by atoms with Crippen LogP contribution in [0.5, 0.6) is 0 Å². The average molecular weight is 427 g/mol. The molecular weight excluding hydrogens is 406 g/mol. The SMILES string of the molecule is Nc1nc2[nH]cc(CCc3ccc(C(=O)N[C@@H](CCOC=O)C(=O)O)cc3)c2c(=O)[nH]1. The third kappa shape index (κ3) is 5.26. The van der Waals surface area contributed by atoms with Crippen molar-refractivity contribution in [2.45, 2.75) is 25.3 Å². The van der Waals surface area contributed by atoms with Crippen molar-refractivity contribution < 1.29 is 24.2 Å². The van der Waals surface area contributed by atoms with E-state index in [-0.39, 0.29) is 31.0 Å². The summed E-state index contributed by atoms with van der Waals surface area (Å²) in [5.74, 6) is -1.72. The van der Waals surface area contributed by atoms with Gasteiger partial charge in [-0.15, -0.1) is 0 Å². The van der Waals surface area contributed by atoms with Crippen molar-refractivity contribution in [3.05, 3.63) is 57.5 Å². The first-order chi connectivity index (χ1) is 14.9. The molecule has 6 N–H and O–H groups in total. The second-order valence-corrected chi connectivity index (χ2v) is 6.81. The van der Waals surface area contributed by atoms with Gasteiger partial charge in [0.25, 0.3) is 17.9 Å². The summed E-state index contributed by atoms with van der Waals surface area (Å²) < 4.78 is 4.49. The number of hydrogen-bond donors (Lipinski definition) is 5. The summed E-state index contributed by atoms with van der Waals surface area (Å²) in [5.41, 5.74) is 7.69. The third-order valence-electron chi connectivity index (χ3n) is 4.74. The monoisotopic (exact) mass is 427 g/mol. The molecule has 31 heavy (non-hydrogen) atoms. The van der Waals surface area contributed by atoms with Gasteiger partial charge in [0.1, 0.15) is 11.7 Å². The highest BCUT2D eigenvalue weighted by Gasteiger charge is 2.20. The van der Waals surface area contributed by atoms with E-state index in [1.165, 1.54) is 0 Å². The van der Waals surface area contributed by atoms with Crippen molar-refractivity contribution in [1.29, 1.82) is 0 Å². The van der Waals surface area contributed by atoms with Crippen molar-refractivity contribution in [1.82, 2.24) is 20.3 Å². The first-order valence-electron chi connectivity index (χ1n) is 9.42. The average Bonchev–Trinajstić information content (AvgIpc) is 3.15. The minimum absolute atomic E-state index is 0.0395. The van der Waals surface area contributed by atoms with E-state index in [1.54, 1.807) is 30.5 Å². The number of H-pyrrole nitrogens is 2. The topological polar surface area (TPSA) is 180 Å². The Hall–Kier alpha value is -4.15. The second-order valence-electron chi connectivity index (χ2n) is 6.81. The zero-order valence-electron chi connectivity index (χ0n) is 16.4. The molecule has 2 aromatic heterocycles. The molecule has 0 aliphatic heterocycles. The molecule has 11 heteroatoms. The molecule has 1 amide bonds. The molecule has 0 bridgehead atoms. The summed E-state index contributed by atoms with van der Waals surface area (Å²) in [6, 6.07) is 5.53. The van der Waals surface area contributed by atoms with Crippen LogP contribution in [0, 0.1) is 0 Å². The van der Waals surface area contributed by atoms with Crippen LogP contribution in [0.25, 0.3) is 11.0 Å². The Morgan fingerprint density at radius 3 is 2.68 bits per heavy atom. The molecule has 0 saturated carbocycles. The summed E-state index contributed by atoms with van der Waals surface area (Å²) in [5, 5.41) is 12.0. The Morgan fingerprint density at radius 2 is 2.00 bits per heavy atom. The van der Waals surface area contributed by atoms with E-state index in [0.29, 0.717) is 29.4 Å². The number of anilines is 1. The summed E-state index contributed by atoms with van der Waals surface area (Å²) >= 11 is 0. The molecular formula is C20H21N5O6. The Labute approximate surface area is 175 Å². The quantitative estimate of drug-likeness (QED) is 0.227. The molecule has 0 unspecified atom stereocenters. The Kier molecular flexibility index (Phi) is 6.65. The molecule has 0 aliphatic carbocycles. The molecule has 0 spiro atoms. The van der Waals surface area contributed by atoms with Gasteiger partial charge in [-0.1, -0.05) is 12.1 Å². The standard InChI is InChI=1S/C20H21N5O6/c21-20-24-16-15(18(28)25-20)13(9-22-16)6-3-11-1-4-12(5-2-11)17(27)23-14(19(29)30)7-8-31-10-26/h1-2,4-5,9-10,14H,3,6-8H2,(H,23,27)(H,29,30)(H4,21,22,24,25,28)/t14-/m0/s1. The zero-order valence-corrected chi connectivity index (χ0v) is 16.4. The van der Waals surface area contributed by atoms with Crippen LogP contribution in [0.15, 0.2) is 35.3 Å². The lowest BCUT2D eigenvalue weighted by atomic mass is 10.0. The van der Waals surface area contributed by atoms with E-state index in [4.69, 9.17) is 5.73 Å². The van der Waals surface area contributed by atoms with Crippen molar-refractivity contribution in [3.8, 4) is 0 Å². The number of nitrogens with one attached hydrogen (secondary N) is 3. The van der Waals surface area contributed by atoms with Gasteiger partial charge in [0.2, 0.25) is 5.95 Å². The van der Waals surface area contributed by atoms with Gasteiger partial charge >= 0.3 is 5.97 Å². The van der Waals surface area contributed by atoms with Crippen LogP contribution in [0.3, 0.4) is 0 Å². The second kappa shape index (κ2) is 9.57. The number of carbonyl (C=O) groups excluding carboxylic acids is 2. The van der Waals surface area contributed by atoms with Gasteiger partial charge in [-0.25, -0.2) is 4.79 Å². The number of carboxylic acids is 1.